The number of para-hydroxylation sites is 1. The number of allylic oxidation sites excluding steroid dienone is 1. The predicted octanol–water partition coefficient (Wildman–Crippen LogP) is 5.10. The lowest BCUT2D eigenvalue weighted by atomic mass is 9.91. The van der Waals surface area contributed by atoms with Gasteiger partial charge in [0.1, 0.15) is 0 Å². The molecule has 3 heterocycles. The van der Waals surface area contributed by atoms with Crippen LogP contribution in [0.2, 0.25) is 0 Å². The van der Waals surface area contributed by atoms with E-state index in [0.29, 0.717) is 49.1 Å². The van der Waals surface area contributed by atoms with Crippen molar-refractivity contribution in [2.24, 2.45) is 4.99 Å². The molecule has 0 radical (unpaired) electrons. The minimum absolute atomic E-state index is 0.00627. The Labute approximate surface area is 239 Å². The van der Waals surface area contributed by atoms with E-state index in [4.69, 9.17) is 4.99 Å². The Morgan fingerprint density at radius 2 is 1.62 bits per heavy atom. The van der Waals surface area contributed by atoms with Crippen LogP contribution in [0.4, 0.5) is 5.69 Å². The summed E-state index contributed by atoms with van der Waals surface area (Å²) >= 11 is 1.48. The number of rotatable bonds is 6. The van der Waals surface area contributed by atoms with Crippen molar-refractivity contribution in [2.45, 2.75) is 46.1 Å². The molecular formula is C31H35N5O3S. The van der Waals surface area contributed by atoms with Gasteiger partial charge in [0.15, 0.2) is 5.17 Å². The first-order valence-electron chi connectivity index (χ1n) is 13.7. The Balaban J connectivity index is 1.45. The standard InChI is InChI=1S/C31H35N5O3S/c1-20(2)23-10-12-24(13-11-23)29-28(30(39)33-25-8-6-5-7-9-25)21(3)32-31-36(29)26(19-40-31)18-27(38)35-16-14-34(15-17-35)22(4)37/h5-13,19-20,29H,14-18H2,1-4H3,(H,33,39)/t29-/m0/s1. The summed E-state index contributed by atoms with van der Waals surface area (Å²) in [5, 5.41) is 5.78. The zero-order valence-electron chi connectivity index (χ0n) is 23.4. The lowest BCUT2D eigenvalue weighted by molar-refractivity contribution is -0.138. The Bertz CT molecular complexity index is 1390. The first-order chi connectivity index (χ1) is 19.2. The molecule has 0 spiro atoms. The number of aliphatic imine (C=N–C) groups is 1. The lowest BCUT2D eigenvalue weighted by Gasteiger charge is -2.38. The number of nitrogens with one attached hydrogen (secondary N) is 1. The summed E-state index contributed by atoms with van der Waals surface area (Å²) in [5.74, 6) is 0.208. The van der Waals surface area contributed by atoms with Gasteiger partial charge in [-0.05, 0) is 41.5 Å². The maximum atomic E-state index is 13.8. The smallest absolute Gasteiger partial charge is 0.255 e. The van der Waals surface area contributed by atoms with Gasteiger partial charge in [-0.25, -0.2) is 4.99 Å². The molecular weight excluding hydrogens is 522 g/mol. The fourth-order valence-corrected chi connectivity index (χ4v) is 6.26. The van der Waals surface area contributed by atoms with Gasteiger partial charge in [0.2, 0.25) is 11.8 Å². The highest BCUT2D eigenvalue weighted by atomic mass is 32.2. The predicted molar refractivity (Wildman–Crippen MR) is 159 cm³/mol. The van der Waals surface area contributed by atoms with Crippen LogP contribution in [0.5, 0.6) is 0 Å². The van der Waals surface area contributed by atoms with Gasteiger partial charge in [0.25, 0.3) is 5.91 Å². The second-order valence-electron chi connectivity index (χ2n) is 10.6. The number of piperazine rings is 1. The number of benzene rings is 2. The van der Waals surface area contributed by atoms with Crippen LogP contribution in [0.3, 0.4) is 0 Å². The molecule has 5 rings (SSSR count). The van der Waals surface area contributed by atoms with Crippen LogP contribution in [0.1, 0.15) is 57.2 Å². The first kappa shape index (κ1) is 27.7. The van der Waals surface area contributed by atoms with Gasteiger partial charge in [-0.2, -0.15) is 0 Å². The average molecular weight is 558 g/mol. The number of fused-ring (bicyclic) bond motifs is 1. The van der Waals surface area contributed by atoms with E-state index in [-0.39, 0.29) is 24.1 Å². The minimum Gasteiger partial charge on any atom is -0.339 e. The number of carbonyl (C=O) groups is 3. The molecule has 1 saturated heterocycles. The van der Waals surface area contributed by atoms with E-state index in [9.17, 15) is 14.4 Å². The second kappa shape index (κ2) is 11.7. The van der Waals surface area contributed by atoms with Crippen LogP contribution < -0.4 is 5.32 Å². The van der Waals surface area contributed by atoms with Gasteiger partial charge >= 0.3 is 0 Å². The number of carbonyl (C=O) groups excluding carboxylic acids is 3. The molecule has 2 aromatic carbocycles. The molecule has 0 aliphatic carbocycles. The van der Waals surface area contributed by atoms with Crippen molar-refractivity contribution in [2.75, 3.05) is 31.5 Å². The molecule has 0 saturated carbocycles. The summed E-state index contributed by atoms with van der Waals surface area (Å²) in [6.45, 7) is 9.87. The van der Waals surface area contributed by atoms with Crippen molar-refractivity contribution in [3.05, 3.63) is 88.1 Å². The lowest BCUT2D eigenvalue weighted by Crippen LogP contribution is -2.50. The van der Waals surface area contributed by atoms with Crippen molar-refractivity contribution in [3.63, 3.8) is 0 Å². The molecule has 1 atom stereocenters. The summed E-state index contributed by atoms with van der Waals surface area (Å²) in [6.07, 6.45) is 0.194. The van der Waals surface area contributed by atoms with Gasteiger partial charge in [0.05, 0.1) is 23.7 Å². The second-order valence-corrected chi connectivity index (χ2v) is 11.4. The maximum Gasteiger partial charge on any atom is 0.255 e. The van der Waals surface area contributed by atoms with Gasteiger partial charge < -0.3 is 20.0 Å². The van der Waals surface area contributed by atoms with E-state index in [1.807, 2.05) is 52.5 Å². The number of nitrogens with zero attached hydrogens (tertiary/aromatic N) is 4. The fraction of sp³-hybridized carbons (Fsp3) is 0.355. The van der Waals surface area contributed by atoms with Crippen molar-refractivity contribution >= 4 is 40.3 Å². The van der Waals surface area contributed by atoms with Crippen molar-refractivity contribution in [1.82, 2.24) is 14.7 Å². The molecule has 0 aromatic heterocycles. The van der Waals surface area contributed by atoms with E-state index in [2.05, 4.69) is 43.4 Å². The molecule has 2 aromatic rings. The Hall–Kier alpha value is -3.85. The molecule has 3 aliphatic rings. The zero-order valence-corrected chi connectivity index (χ0v) is 24.2. The van der Waals surface area contributed by atoms with E-state index in [1.165, 1.54) is 17.3 Å². The van der Waals surface area contributed by atoms with Crippen LogP contribution in [0.15, 0.2) is 82.0 Å². The molecule has 0 unspecified atom stereocenters. The monoisotopic (exact) mass is 557 g/mol. The van der Waals surface area contributed by atoms with Crippen LogP contribution in [-0.2, 0) is 14.4 Å². The van der Waals surface area contributed by atoms with Crippen molar-refractivity contribution in [1.29, 1.82) is 0 Å². The van der Waals surface area contributed by atoms with Crippen molar-refractivity contribution < 1.29 is 14.4 Å². The van der Waals surface area contributed by atoms with Gasteiger partial charge in [-0.1, -0.05) is 68.1 Å². The molecule has 208 valence electrons. The zero-order chi connectivity index (χ0) is 28.4. The highest BCUT2D eigenvalue weighted by Gasteiger charge is 2.41. The summed E-state index contributed by atoms with van der Waals surface area (Å²) in [6, 6.07) is 17.3. The average Bonchev–Trinajstić information content (AvgIpc) is 3.34. The van der Waals surface area contributed by atoms with Gasteiger partial charge in [0, 0.05) is 44.5 Å². The Morgan fingerprint density at radius 1 is 0.975 bits per heavy atom. The van der Waals surface area contributed by atoms with Crippen LogP contribution in [0, 0.1) is 0 Å². The van der Waals surface area contributed by atoms with E-state index in [0.717, 1.165) is 16.4 Å². The topological polar surface area (TPSA) is 85.3 Å². The van der Waals surface area contributed by atoms with E-state index in [1.54, 1.807) is 11.8 Å². The molecule has 3 amide bonds. The maximum absolute atomic E-state index is 13.8. The third-order valence-electron chi connectivity index (χ3n) is 7.61. The SMILES string of the molecule is CC(=O)N1CCN(C(=O)CC2=CSC3=NC(C)=C(C(=O)Nc4ccccc4)[C@H](c4ccc(C(C)C)cc4)N23)CC1. The van der Waals surface area contributed by atoms with Crippen LogP contribution in [0.25, 0.3) is 0 Å². The van der Waals surface area contributed by atoms with Gasteiger partial charge in [-0.15, -0.1) is 0 Å². The Kier molecular flexibility index (Phi) is 8.12. The summed E-state index contributed by atoms with van der Waals surface area (Å²) < 4.78 is 0. The number of amidine groups is 1. The largest absolute Gasteiger partial charge is 0.339 e. The highest BCUT2D eigenvalue weighted by molar-refractivity contribution is 8.16. The quantitative estimate of drug-likeness (QED) is 0.534. The van der Waals surface area contributed by atoms with Gasteiger partial charge in [-0.3, -0.25) is 14.4 Å². The number of hydrogen-bond donors (Lipinski definition) is 1. The van der Waals surface area contributed by atoms with Crippen LogP contribution >= 0.6 is 11.8 Å². The molecule has 3 aliphatic heterocycles. The Morgan fingerprint density at radius 3 is 2.25 bits per heavy atom. The number of thioether (sulfide) groups is 1. The highest BCUT2D eigenvalue weighted by Crippen LogP contribution is 2.45. The first-order valence-corrected chi connectivity index (χ1v) is 14.5. The molecule has 1 fully saturated rings. The molecule has 9 heteroatoms. The van der Waals surface area contributed by atoms with E-state index < -0.39 is 6.04 Å². The third kappa shape index (κ3) is 5.70. The van der Waals surface area contributed by atoms with Crippen molar-refractivity contribution in [3.8, 4) is 0 Å². The number of hydrogen-bond acceptors (Lipinski definition) is 6. The van der Waals surface area contributed by atoms with E-state index >= 15 is 0 Å². The summed E-state index contributed by atoms with van der Waals surface area (Å²) in [5.41, 5.74) is 4.93. The summed E-state index contributed by atoms with van der Waals surface area (Å²) in [7, 11) is 0. The third-order valence-corrected chi connectivity index (χ3v) is 8.49. The van der Waals surface area contributed by atoms with Crippen LogP contribution in [-0.4, -0.2) is 63.8 Å². The number of amides is 3. The summed E-state index contributed by atoms with van der Waals surface area (Å²) in [4.78, 5) is 49.4. The molecule has 1 N–H and O–H groups in total. The molecule has 8 nitrogen and oxygen atoms in total. The fourth-order valence-electron chi connectivity index (χ4n) is 5.30. The number of anilines is 1. The molecule has 40 heavy (non-hydrogen) atoms. The molecule has 0 bridgehead atoms. The normalized spacial score (nSPS) is 18.9. The minimum atomic E-state index is -0.430.